The maximum absolute atomic E-state index is 10.1. The monoisotopic (exact) mass is 152 g/mol. The highest BCUT2D eigenvalue weighted by Crippen LogP contribution is 1.95. The Hall–Kier alpha value is -0.850. The topological polar surface area (TPSA) is 17.1 Å². The van der Waals surface area contributed by atoms with Crippen molar-refractivity contribution in [3.63, 3.8) is 0 Å². The second-order valence-corrected chi connectivity index (χ2v) is 2.60. The van der Waals surface area contributed by atoms with Crippen LogP contribution >= 0.6 is 0 Å². The fourth-order valence-electron chi connectivity index (χ4n) is 0.677. The molecule has 62 valence electrons. The molecule has 0 amide bonds. The molecule has 0 aromatic carbocycles. The summed E-state index contributed by atoms with van der Waals surface area (Å²) in [6.07, 6.45) is 10.3. The Morgan fingerprint density at radius 1 is 1.45 bits per heavy atom. The highest BCUT2D eigenvalue weighted by Gasteiger charge is 1.79. The third kappa shape index (κ3) is 7.04. The van der Waals surface area contributed by atoms with Crippen molar-refractivity contribution in [2.24, 2.45) is 0 Å². The van der Waals surface area contributed by atoms with Crippen LogP contribution in [0.2, 0.25) is 0 Å². The highest BCUT2D eigenvalue weighted by molar-refractivity contribution is 5.72. The molecule has 0 aliphatic rings. The van der Waals surface area contributed by atoms with Gasteiger partial charge < -0.3 is 0 Å². The first-order valence-electron chi connectivity index (χ1n) is 4.10. The summed E-state index contributed by atoms with van der Waals surface area (Å²) >= 11 is 0. The van der Waals surface area contributed by atoms with Crippen molar-refractivity contribution in [3.8, 4) is 0 Å². The predicted octanol–water partition coefficient (Wildman–Crippen LogP) is 2.88. The molecule has 0 rings (SSSR count). The second-order valence-electron chi connectivity index (χ2n) is 2.60. The summed E-state index contributed by atoms with van der Waals surface area (Å²) < 4.78 is 0. The zero-order chi connectivity index (χ0) is 8.53. The van der Waals surface area contributed by atoms with Crippen molar-refractivity contribution in [3.05, 3.63) is 23.8 Å². The second kappa shape index (κ2) is 7.26. The SMILES string of the molecule is CCCCC=CC=C(C)C=O. The Kier molecular flexibility index (Phi) is 6.70. The minimum atomic E-state index is 0.776. The minimum Gasteiger partial charge on any atom is -0.298 e. The van der Waals surface area contributed by atoms with Crippen LogP contribution in [0, 0.1) is 0 Å². The van der Waals surface area contributed by atoms with Crippen LogP contribution < -0.4 is 0 Å². The summed E-state index contributed by atoms with van der Waals surface area (Å²) in [6, 6.07) is 0. The average molecular weight is 152 g/mol. The molecule has 1 nitrogen and oxygen atoms in total. The number of rotatable bonds is 5. The standard InChI is InChI=1S/C10H16O/c1-3-4-5-6-7-8-10(2)9-11/h6-9H,3-5H2,1-2H3. The van der Waals surface area contributed by atoms with E-state index in [9.17, 15) is 4.79 Å². The van der Waals surface area contributed by atoms with E-state index >= 15 is 0 Å². The third-order valence-electron chi connectivity index (χ3n) is 1.41. The van der Waals surface area contributed by atoms with Crippen molar-refractivity contribution >= 4 is 6.29 Å². The summed E-state index contributed by atoms with van der Waals surface area (Å²) in [4.78, 5) is 10.1. The van der Waals surface area contributed by atoms with E-state index < -0.39 is 0 Å². The molecule has 0 heterocycles. The lowest BCUT2D eigenvalue weighted by atomic mass is 10.2. The first-order valence-corrected chi connectivity index (χ1v) is 4.10. The fourth-order valence-corrected chi connectivity index (χ4v) is 0.677. The van der Waals surface area contributed by atoms with E-state index in [1.54, 1.807) is 6.92 Å². The lowest BCUT2D eigenvalue weighted by molar-refractivity contribution is -0.104. The molecule has 0 aromatic rings. The van der Waals surface area contributed by atoms with Crippen LogP contribution in [0.3, 0.4) is 0 Å². The third-order valence-corrected chi connectivity index (χ3v) is 1.41. The van der Waals surface area contributed by atoms with Gasteiger partial charge in [0.05, 0.1) is 0 Å². The average Bonchev–Trinajstić information content (AvgIpc) is 2.04. The van der Waals surface area contributed by atoms with E-state index in [4.69, 9.17) is 0 Å². The zero-order valence-corrected chi connectivity index (χ0v) is 7.34. The Morgan fingerprint density at radius 2 is 2.18 bits per heavy atom. The van der Waals surface area contributed by atoms with Gasteiger partial charge in [0.1, 0.15) is 6.29 Å². The van der Waals surface area contributed by atoms with Gasteiger partial charge in [-0.2, -0.15) is 0 Å². The van der Waals surface area contributed by atoms with E-state index in [-0.39, 0.29) is 0 Å². The molecular formula is C10H16O. The minimum absolute atomic E-state index is 0.776. The summed E-state index contributed by atoms with van der Waals surface area (Å²) in [6.45, 7) is 3.97. The van der Waals surface area contributed by atoms with Crippen LogP contribution in [0.1, 0.15) is 33.1 Å². The molecule has 0 N–H and O–H groups in total. The molecular weight excluding hydrogens is 136 g/mol. The molecule has 0 aliphatic carbocycles. The molecule has 0 saturated heterocycles. The van der Waals surface area contributed by atoms with Gasteiger partial charge in [-0.1, -0.05) is 38.0 Å². The number of carbonyl (C=O) groups is 1. The summed E-state index contributed by atoms with van der Waals surface area (Å²) in [5.74, 6) is 0. The summed E-state index contributed by atoms with van der Waals surface area (Å²) in [5.41, 5.74) is 0.776. The van der Waals surface area contributed by atoms with Crippen molar-refractivity contribution in [1.82, 2.24) is 0 Å². The molecule has 0 bridgehead atoms. The van der Waals surface area contributed by atoms with E-state index in [0.717, 1.165) is 18.3 Å². The Balaban J connectivity index is 3.50. The van der Waals surface area contributed by atoms with Crippen molar-refractivity contribution < 1.29 is 4.79 Å². The quantitative estimate of drug-likeness (QED) is 0.256. The molecule has 0 fully saturated rings. The van der Waals surface area contributed by atoms with Crippen molar-refractivity contribution in [2.75, 3.05) is 0 Å². The largest absolute Gasteiger partial charge is 0.298 e. The highest BCUT2D eigenvalue weighted by atomic mass is 16.1. The molecule has 0 aliphatic heterocycles. The maximum Gasteiger partial charge on any atom is 0.145 e. The number of carbonyl (C=O) groups excluding carboxylic acids is 1. The Morgan fingerprint density at radius 3 is 2.73 bits per heavy atom. The first-order chi connectivity index (χ1) is 5.31. The molecule has 0 atom stereocenters. The molecule has 11 heavy (non-hydrogen) atoms. The van der Waals surface area contributed by atoms with E-state index in [2.05, 4.69) is 13.0 Å². The van der Waals surface area contributed by atoms with E-state index in [0.29, 0.717) is 0 Å². The summed E-state index contributed by atoms with van der Waals surface area (Å²) in [5, 5.41) is 0. The van der Waals surface area contributed by atoms with Gasteiger partial charge in [0.2, 0.25) is 0 Å². The maximum atomic E-state index is 10.1. The van der Waals surface area contributed by atoms with Crippen LogP contribution in [0.25, 0.3) is 0 Å². The normalized spacial score (nSPS) is 12.4. The van der Waals surface area contributed by atoms with Crippen LogP contribution in [0.5, 0.6) is 0 Å². The Bertz CT molecular complexity index is 154. The van der Waals surface area contributed by atoms with Crippen molar-refractivity contribution in [2.45, 2.75) is 33.1 Å². The van der Waals surface area contributed by atoms with E-state index in [1.807, 2.05) is 12.2 Å². The number of unbranched alkanes of at least 4 members (excludes halogenated alkanes) is 2. The van der Waals surface area contributed by atoms with E-state index in [1.165, 1.54) is 12.8 Å². The molecule has 0 unspecified atom stereocenters. The van der Waals surface area contributed by atoms with Crippen molar-refractivity contribution in [1.29, 1.82) is 0 Å². The first kappa shape index (κ1) is 10.2. The van der Waals surface area contributed by atoms with Gasteiger partial charge in [0.25, 0.3) is 0 Å². The lowest BCUT2D eigenvalue weighted by Crippen LogP contribution is -1.72. The molecule has 1 heteroatoms. The van der Waals surface area contributed by atoms with Crippen LogP contribution in [0.4, 0.5) is 0 Å². The lowest BCUT2D eigenvalue weighted by Gasteiger charge is -1.86. The molecule has 0 radical (unpaired) electrons. The zero-order valence-electron chi connectivity index (χ0n) is 7.34. The number of hydrogen-bond acceptors (Lipinski definition) is 1. The fraction of sp³-hybridized carbons (Fsp3) is 0.500. The van der Waals surface area contributed by atoms with Crippen LogP contribution in [-0.2, 0) is 4.79 Å². The van der Waals surface area contributed by atoms with Gasteiger partial charge >= 0.3 is 0 Å². The van der Waals surface area contributed by atoms with Gasteiger partial charge in [-0.25, -0.2) is 0 Å². The molecule has 0 aromatic heterocycles. The smallest absolute Gasteiger partial charge is 0.145 e. The number of aldehydes is 1. The number of allylic oxidation sites excluding steroid dienone is 4. The van der Waals surface area contributed by atoms with Gasteiger partial charge in [0.15, 0.2) is 0 Å². The van der Waals surface area contributed by atoms with Crippen LogP contribution in [-0.4, -0.2) is 6.29 Å². The number of hydrogen-bond donors (Lipinski definition) is 0. The van der Waals surface area contributed by atoms with Gasteiger partial charge in [-0.05, 0) is 18.9 Å². The van der Waals surface area contributed by atoms with Crippen LogP contribution in [0.15, 0.2) is 23.8 Å². The molecule has 0 saturated carbocycles. The van der Waals surface area contributed by atoms with Gasteiger partial charge in [-0.3, -0.25) is 4.79 Å². The predicted molar refractivity (Wildman–Crippen MR) is 48.5 cm³/mol. The van der Waals surface area contributed by atoms with Gasteiger partial charge in [-0.15, -0.1) is 0 Å². The van der Waals surface area contributed by atoms with Gasteiger partial charge in [0, 0.05) is 0 Å². The summed E-state index contributed by atoms with van der Waals surface area (Å²) in [7, 11) is 0. The molecule has 0 spiro atoms. The Labute approximate surface area is 68.8 Å².